The zero-order valence-corrected chi connectivity index (χ0v) is 19.7. The van der Waals surface area contributed by atoms with Gasteiger partial charge in [-0.15, -0.1) is 0 Å². The lowest BCUT2D eigenvalue weighted by Gasteiger charge is -2.19. The van der Waals surface area contributed by atoms with E-state index in [-0.39, 0.29) is 6.61 Å². The molecule has 0 aliphatic carbocycles. The number of benzene rings is 1. The van der Waals surface area contributed by atoms with E-state index in [1.165, 1.54) is 38.5 Å². The van der Waals surface area contributed by atoms with Crippen LogP contribution in [0.2, 0.25) is 0 Å². The van der Waals surface area contributed by atoms with Crippen molar-refractivity contribution in [1.82, 2.24) is 9.97 Å². The number of aromatic amines is 2. The summed E-state index contributed by atoms with van der Waals surface area (Å²) in [6.07, 6.45) is 14.1. The van der Waals surface area contributed by atoms with Gasteiger partial charge in [0.25, 0.3) is 0 Å². The monoisotopic (exact) mass is 478 g/mol. The first-order valence-corrected chi connectivity index (χ1v) is 12.3. The number of H-pyrrole nitrogens is 2. The summed E-state index contributed by atoms with van der Waals surface area (Å²) in [6.45, 7) is 2.19. The van der Waals surface area contributed by atoms with Crippen LogP contribution in [-0.2, 0) is 0 Å². The summed E-state index contributed by atoms with van der Waals surface area (Å²) in [5.41, 5.74) is 0.0994. The number of hydrogen-bond acceptors (Lipinski definition) is 1. The van der Waals surface area contributed by atoms with Crippen molar-refractivity contribution in [2.75, 3.05) is 6.61 Å². The molecule has 34 heavy (non-hydrogen) atoms. The molecule has 3 nitrogen and oxygen atoms in total. The molecular formula is C27H34F4N2O. The summed E-state index contributed by atoms with van der Waals surface area (Å²) in [5.74, 6) is -7.98. The molecule has 2 aromatic heterocycles. The van der Waals surface area contributed by atoms with E-state index in [9.17, 15) is 8.78 Å². The van der Waals surface area contributed by atoms with Crippen LogP contribution in [-0.4, -0.2) is 16.6 Å². The Bertz CT molecular complexity index is 923. The highest BCUT2D eigenvalue weighted by molar-refractivity contribution is 5.44. The number of ether oxygens (including phenoxy) is 1. The van der Waals surface area contributed by atoms with Crippen molar-refractivity contribution in [1.29, 1.82) is 0 Å². The van der Waals surface area contributed by atoms with Crippen molar-refractivity contribution < 1.29 is 22.3 Å². The highest BCUT2D eigenvalue weighted by Gasteiger charge is 2.33. The number of unbranched alkanes of at least 4 members (excludes halogenated alkanes) is 9. The average molecular weight is 479 g/mol. The summed E-state index contributed by atoms with van der Waals surface area (Å²) >= 11 is 0. The fraction of sp³-hybridized carbons (Fsp3) is 0.481. The minimum Gasteiger partial charge on any atom is -0.487 e. The van der Waals surface area contributed by atoms with E-state index in [0.29, 0.717) is 17.8 Å². The fourth-order valence-electron chi connectivity index (χ4n) is 4.30. The van der Waals surface area contributed by atoms with Gasteiger partial charge in [0.2, 0.25) is 11.6 Å². The van der Waals surface area contributed by atoms with Gasteiger partial charge in [-0.25, -0.2) is 8.78 Å². The normalized spacial score (nSPS) is 11.5. The zero-order valence-electron chi connectivity index (χ0n) is 19.7. The van der Waals surface area contributed by atoms with Crippen molar-refractivity contribution in [2.45, 2.75) is 77.0 Å². The van der Waals surface area contributed by atoms with Gasteiger partial charge < -0.3 is 14.7 Å². The molecule has 3 rings (SSSR count). The second-order valence-electron chi connectivity index (χ2n) is 8.71. The average Bonchev–Trinajstić information content (AvgIpc) is 3.56. The van der Waals surface area contributed by atoms with Gasteiger partial charge in [0, 0.05) is 29.3 Å². The number of rotatable bonds is 15. The van der Waals surface area contributed by atoms with Crippen LogP contribution in [0.1, 0.15) is 94.0 Å². The highest BCUT2D eigenvalue weighted by Crippen LogP contribution is 2.39. The Kier molecular flexibility index (Phi) is 10.1. The second-order valence-corrected chi connectivity index (χ2v) is 8.71. The third-order valence-electron chi connectivity index (χ3n) is 6.16. The molecule has 0 bridgehead atoms. The maximum atomic E-state index is 15.1. The van der Waals surface area contributed by atoms with Crippen LogP contribution in [0.15, 0.2) is 36.7 Å². The lowest BCUT2D eigenvalue weighted by molar-refractivity contribution is 0.261. The van der Waals surface area contributed by atoms with Crippen LogP contribution < -0.4 is 4.74 Å². The van der Waals surface area contributed by atoms with E-state index in [2.05, 4.69) is 16.9 Å². The Labute approximate surface area is 198 Å². The molecule has 0 radical (unpaired) electrons. The zero-order chi connectivity index (χ0) is 24.3. The van der Waals surface area contributed by atoms with Crippen LogP contribution >= 0.6 is 0 Å². The Balaban J connectivity index is 1.61. The minimum atomic E-state index is -1.51. The first-order chi connectivity index (χ1) is 16.6. The third kappa shape index (κ3) is 6.45. The van der Waals surface area contributed by atoms with E-state index >= 15 is 8.78 Å². The molecule has 7 heteroatoms. The van der Waals surface area contributed by atoms with Crippen molar-refractivity contribution in [3.63, 3.8) is 0 Å². The largest absolute Gasteiger partial charge is 0.487 e. The van der Waals surface area contributed by atoms with Crippen LogP contribution in [0.5, 0.6) is 5.75 Å². The van der Waals surface area contributed by atoms with Crippen LogP contribution in [0.25, 0.3) is 0 Å². The van der Waals surface area contributed by atoms with Gasteiger partial charge >= 0.3 is 0 Å². The molecule has 0 saturated heterocycles. The molecule has 0 saturated carbocycles. The van der Waals surface area contributed by atoms with E-state index in [0.717, 1.165) is 19.3 Å². The van der Waals surface area contributed by atoms with Crippen LogP contribution in [0.4, 0.5) is 17.6 Å². The molecule has 0 aliphatic rings. The van der Waals surface area contributed by atoms with E-state index < -0.39 is 40.5 Å². The summed E-state index contributed by atoms with van der Waals surface area (Å²) in [4.78, 5) is 5.76. The van der Waals surface area contributed by atoms with Crippen molar-refractivity contribution >= 4 is 0 Å². The fourth-order valence-corrected chi connectivity index (χ4v) is 4.30. The van der Waals surface area contributed by atoms with Crippen LogP contribution in [0.3, 0.4) is 0 Å². The van der Waals surface area contributed by atoms with Gasteiger partial charge in [-0.3, -0.25) is 0 Å². The molecule has 0 unspecified atom stereocenters. The Morgan fingerprint density at radius 3 is 1.59 bits per heavy atom. The number of aromatic nitrogens is 2. The van der Waals surface area contributed by atoms with Crippen molar-refractivity contribution in [3.05, 3.63) is 76.9 Å². The van der Waals surface area contributed by atoms with Crippen molar-refractivity contribution in [3.8, 4) is 5.75 Å². The molecule has 2 N–H and O–H groups in total. The van der Waals surface area contributed by atoms with E-state index in [1.54, 1.807) is 36.7 Å². The van der Waals surface area contributed by atoms with Gasteiger partial charge in [-0.2, -0.15) is 8.78 Å². The molecule has 1 aromatic carbocycles. The highest BCUT2D eigenvalue weighted by atomic mass is 19.2. The van der Waals surface area contributed by atoms with Crippen LogP contribution in [0, 0.1) is 23.3 Å². The summed E-state index contributed by atoms with van der Waals surface area (Å²) in [5, 5.41) is 0. The molecular weight excluding hydrogens is 444 g/mol. The summed E-state index contributed by atoms with van der Waals surface area (Å²) in [6, 6.07) is 6.51. The smallest absolute Gasteiger partial charge is 0.204 e. The maximum Gasteiger partial charge on any atom is 0.204 e. The molecule has 0 atom stereocenters. The number of hydrogen-bond donors (Lipinski definition) is 2. The predicted molar refractivity (Wildman–Crippen MR) is 126 cm³/mol. The molecule has 0 amide bonds. The first-order valence-electron chi connectivity index (χ1n) is 12.3. The van der Waals surface area contributed by atoms with E-state index in [4.69, 9.17) is 4.74 Å². The quantitative estimate of drug-likeness (QED) is 0.129. The minimum absolute atomic E-state index is 0.000742. The Morgan fingerprint density at radius 2 is 1.15 bits per heavy atom. The standard InChI is InChI=1S/C27H34F4N2O/c1-2-3-4-5-6-7-8-9-10-11-18-34-27-25(30)23(28)22(24(29)26(27)31)21(19-14-12-16-32-19)20-15-13-17-33-20/h12-17,21,32-33H,2-11,18H2,1H3. The van der Waals surface area contributed by atoms with Gasteiger partial charge in [0.15, 0.2) is 17.4 Å². The second kappa shape index (κ2) is 13.3. The van der Waals surface area contributed by atoms with Gasteiger partial charge in [-0.05, 0) is 30.7 Å². The van der Waals surface area contributed by atoms with Gasteiger partial charge in [-0.1, -0.05) is 64.7 Å². The van der Waals surface area contributed by atoms with Gasteiger partial charge in [0.1, 0.15) is 0 Å². The van der Waals surface area contributed by atoms with E-state index in [1.807, 2.05) is 0 Å². The molecule has 0 spiro atoms. The first kappa shape index (κ1) is 25.9. The molecule has 2 heterocycles. The summed E-state index contributed by atoms with van der Waals surface area (Å²) < 4.78 is 65.0. The number of nitrogens with one attached hydrogen (secondary N) is 2. The predicted octanol–water partition coefficient (Wildman–Crippen LogP) is 8.38. The van der Waals surface area contributed by atoms with Gasteiger partial charge in [0.05, 0.1) is 12.5 Å². The maximum absolute atomic E-state index is 15.1. The molecule has 3 aromatic rings. The Hall–Kier alpha value is -2.70. The SMILES string of the molecule is CCCCCCCCCCCCOc1c(F)c(F)c(C(c2ccc[nH]2)c2ccc[nH]2)c(F)c1F. The summed E-state index contributed by atoms with van der Waals surface area (Å²) in [7, 11) is 0. The van der Waals surface area contributed by atoms with Crippen molar-refractivity contribution in [2.24, 2.45) is 0 Å². The molecule has 186 valence electrons. The molecule has 0 aliphatic heterocycles. The molecule has 0 fully saturated rings. The lowest BCUT2D eigenvalue weighted by Crippen LogP contribution is -2.14. The lowest BCUT2D eigenvalue weighted by atomic mass is 9.91. The number of halogens is 4. The Morgan fingerprint density at radius 1 is 0.676 bits per heavy atom. The topological polar surface area (TPSA) is 40.8 Å². The third-order valence-corrected chi connectivity index (χ3v) is 6.16.